The smallest absolute Gasteiger partial charge is 0.155 e. The van der Waals surface area contributed by atoms with E-state index in [0.717, 1.165) is 35.1 Å². The number of benzene rings is 2. The summed E-state index contributed by atoms with van der Waals surface area (Å²) in [5.41, 5.74) is 4.40. The predicted octanol–water partition coefficient (Wildman–Crippen LogP) is 4.91. The van der Waals surface area contributed by atoms with E-state index < -0.39 is 0 Å². The maximum atomic E-state index is 9.68. The van der Waals surface area contributed by atoms with Gasteiger partial charge in [0.05, 0.1) is 16.5 Å². The molecule has 1 N–H and O–H groups in total. The molecule has 3 nitrogen and oxygen atoms in total. The highest BCUT2D eigenvalue weighted by atomic mass is 35.5. The number of nitrogens with zero attached hydrogens (tertiary/aromatic N) is 1. The summed E-state index contributed by atoms with van der Waals surface area (Å²) in [6.45, 7) is 0.292. The van der Waals surface area contributed by atoms with Gasteiger partial charge in [0.2, 0.25) is 0 Å². The minimum Gasteiger partial charge on any atom is -0.508 e. The van der Waals surface area contributed by atoms with E-state index in [0.29, 0.717) is 28.8 Å². The number of hydrogen-bond donors (Lipinski definition) is 1. The molecule has 0 heterocycles. The van der Waals surface area contributed by atoms with E-state index in [-0.39, 0.29) is 5.75 Å². The lowest BCUT2D eigenvalue weighted by Gasteiger charge is -2.19. The molecule has 2 aromatic rings. The molecule has 1 aliphatic carbocycles. The monoisotopic (exact) mass is 359 g/mol. The molecule has 0 spiro atoms. The summed E-state index contributed by atoms with van der Waals surface area (Å²) in [5.74, 6) is 0.951. The Morgan fingerprint density at radius 1 is 1.25 bits per heavy atom. The van der Waals surface area contributed by atoms with Crippen LogP contribution in [-0.2, 0) is 6.42 Å². The minimum absolute atomic E-state index is 0.260. The summed E-state index contributed by atoms with van der Waals surface area (Å²) in [6.07, 6.45) is 3.88. The van der Waals surface area contributed by atoms with E-state index in [1.54, 1.807) is 24.3 Å². The predicted molar refractivity (Wildman–Crippen MR) is 95.9 cm³/mol. The fourth-order valence-corrected chi connectivity index (χ4v) is 3.28. The third-order valence-corrected chi connectivity index (χ3v) is 4.37. The van der Waals surface area contributed by atoms with Gasteiger partial charge in [-0.2, -0.15) is 5.26 Å². The molecule has 0 unspecified atom stereocenters. The summed E-state index contributed by atoms with van der Waals surface area (Å²) >= 11 is 12.0. The molecule has 0 fully saturated rings. The molecule has 0 aliphatic heterocycles. The zero-order valence-electron chi connectivity index (χ0n) is 12.9. The molecule has 1 aliphatic rings. The molecule has 0 saturated carbocycles. The van der Waals surface area contributed by atoms with Crippen molar-refractivity contribution in [3.05, 3.63) is 63.7 Å². The Morgan fingerprint density at radius 3 is 2.83 bits per heavy atom. The van der Waals surface area contributed by atoms with Crippen LogP contribution in [0.2, 0.25) is 5.02 Å². The fourth-order valence-electron chi connectivity index (χ4n) is 2.92. The first-order valence-electron chi connectivity index (χ1n) is 7.59. The number of ether oxygens (including phenoxy) is 1. The van der Waals surface area contributed by atoms with E-state index in [9.17, 15) is 10.4 Å². The normalized spacial score (nSPS) is 13.0. The molecule has 0 bridgehead atoms. The maximum Gasteiger partial charge on any atom is 0.155 e. The number of alkyl halides is 1. The van der Waals surface area contributed by atoms with Crippen molar-refractivity contribution in [2.45, 2.75) is 12.8 Å². The second kappa shape index (κ2) is 7.17. The zero-order chi connectivity index (χ0) is 17.1. The Bertz CT molecular complexity index is 853. The van der Waals surface area contributed by atoms with Gasteiger partial charge in [-0.1, -0.05) is 23.7 Å². The number of halogens is 2. The molecular formula is C19H15Cl2NO2. The Balaban J connectivity index is 2.07. The second-order valence-corrected chi connectivity index (χ2v) is 6.27. The molecule has 0 aromatic heterocycles. The topological polar surface area (TPSA) is 53.2 Å². The van der Waals surface area contributed by atoms with Crippen molar-refractivity contribution in [2.24, 2.45) is 0 Å². The largest absolute Gasteiger partial charge is 0.508 e. The van der Waals surface area contributed by atoms with E-state index in [4.69, 9.17) is 27.9 Å². The molecule has 0 saturated heterocycles. The molecule has 2 aromatic carbocycles. The Labute approximate surface area is 150 Å². The van der Waals surface area contributed by atoms with Crippen LogP contribution in [0.25, 0.3) is 5.57 Å². The van der Waals surface area contributed by atoms with Gasteiger partial charge in [-0.3, -0.25) is 0 Å². The average Bonchev–Trinajstić information content (AvgIpc) is 2.59. The second-order valence-electron chi connectivity index (χ2n) is 5.48. The number of rotatable bonds is 4. The lowest BCUT2D eigenvalue weighted by atomic mass is 9.86. The third kappa shape index (κ3) is 3.21. The van der Waals surface area contributed by atoms with E-state index in [1.165, 1.54) is 0 Å². The highest BCUT2D eigenvalue weighted by Gasteiger charge is 2.18. The SMILES string of the molecule is N#Cc1cc(C2=CCCc3cc(O)ccc32)cc(Cl)c1OCCCl. The molecule has 0 amide bonds. The molecule has 122 valence electrons. The first kappa shape index (κ1) is 16.7. The average molecular weight is 360 g/mol. The first-order chi connectivity index (χ1) is 11.6. The number of allylic oxidation sites excluding steroid dienone is 1. The van der Waals surface area contributed by atoms with Crippen LogP contribution in [0, 0.1) is 11.3 Å². The van der Waals surface area contributed by atoms with Crippen molar-refractivity contribution >= 4 is 28.8 Å². The molecular weight excluding hydrogens is 345 g/mol. The Hall–Kier alpha value is -2.15. The van der Waals surface area contributed by atoms with E-state index in [1.807, 2.05) is 6.07 Å². The molecule has 0 atom stereocenters. The van der Waals surface area contributed by atoms with Crippen LogP contribution < -0.4 is 4.74 Å². The van der Waals surface area contributed by atoms with Gasteiger partial charge < -0.3 is 9.84 Å². The van der Waals surface area contributed by atoms with Gasteiger partial charge in [0.1, 0.15) is 18.4 Å². The van der Waals surface area contributed by atoms with Gasteiger partial charge in [-0.15, -0.1) is 11.6 Å². The maximum absolute atomic E-state index is 9.68. The summed E-state index contributed by atoms with van der Waals surface area (Å²) in [7, 11) is 0. The van der Waals surface area contributed by atoms with Crippen molar-refractivity contribution in [1.82, 2.24) is 0 Å². The number of hydrogen-bond acceptors (Lipinski definition) is 3. The van der Waals surface area contributed by atoms with Crippen LogP contribution in [0.15, 0.2) is 36.4 Å². The van der Waals surface area contributed by atoms with Crippen LogP contribution in [-0.4, -0.2) is 17.6 Å². The highest BCUT2D eigenvalue weighted by Crippen LogP contribution is 2.38. The Kier molecular flexibility index (Phi) is 4.99. The summed E-state index contributed by atoms with van der Waals surface area (Å²) < 4.78 is 5.50. The lowest BCUT2D eigenvalue weighted by molar-refractivity contribution is 0.342. The zero-order valence-corrected chi connectivity index (χ0v) is 14.4. The van der Waals surface area contributed by atoms with Gasteiger partial charge in [-0.25, -0.2) is 0 Å². The van der Waals surface area contributed by atoms with Crippen LogP contribution >= 0.6 is 23.2 Å². The minimum atomic E-state index is 0.260. The third-order valence-electron chi connectivity index (χ3n) is 3.94. The molecule has 3 rings (SSSR count). The van der Waals surface area contributed by atoms with Crippen molar-refractivity contribution in [3.8, 4) is 17.6 Å². The van der Waals surface area contributed by atoms with E-state index in [2.05, 4.69) is 12.1 Å². The Morgan fingerprint density at radius 2 is 2.08 bits per heavy atom. The highest BCUT2D eigenvalue weighted by molar-refractivity contribution is 6.32. The number of fused-ring (bicyclic) bond motifs is 1. The van der Waals surface area contributed by atoms with Crippen molar-refractivity contribution in [1.29, 1.82) is 5.26 Å². The standard InChI is InChI=1S/C19H15Cl2NO2/c20-6-7-24-19-14(11-22)8-13(10-18(19)21)16-3-1-2-12-9-15(23)4-5-17(12)16/h3-5,8-10,23H,1-2,6-7H2. The number of aromatic hydroxyl groups is 1. The summed E-state index contributed by atoms with van der Waals surface area (Å²) in [4.78, 5) is 0. The van der Waals surface area contributed by atoms with Gasteiger partial charge in [-0.05, 0) is 59.4 Å². The van der Waals surface area contributed by atoms with Crippen molar-refractivity contribution in [2.75, 3.05) is 12.5 Å². The van der Waals surface area contributed by atoms with Crippen LogP contribution in [0.1, 0.15) is 28.7 Å². The van der Waals surface area contributed by atoms with Gasteiger partial charge in [0.25, 0.3) is 0 Å². The number of phenols is 1. The molecule has 0 radical (unpaired) electrons. The summed E-state index contributed by atoms with van der Waals surface area (Å²) in [6, 6.07) is 11.1. The van der Waals surface area contributed by atoms with E-state index >= 15 is 0 Å². The molecule has 24 heavy (non-hydrogen) atoms. The van der Waals surface area contributed by atoms with Gasteiger partial charge in [0, 0.05) is 0 Å². The van der Waals surface area contributed by atoms with Crippen LogP contribution in [0.4, 0.5) is 0 Å². The molecule has 5 heteroatoms. The van der Waals surface area contributed by atoms with Gasteiger partial charge in [0.15, 0.2) is 5.75 Å². The lowest BCUT2D eigenvalue weighted by Crippen LogP contribution is -2.04. The number of nitriles is 1. The summed E-state index contributed by atoms with van der Waals surface area (Å²) in [5, 5.41) is 19.5. The quantitative estimate of drug-likeness (QED) is 0.788. The first-order valence-corrected chi connectivity index (χ1v) is 8.50. The van der Waals surface area contributed by atoms with Crippen molar-refractivity contribution < 1.29 is 9.84 Å². The van der Waals surface area contributed by atoms with Crippen LogP contribution in [0.3, 0.4) is 0 Å². The van der Waals surface area contributed by atoms with Crippen LogP contribution in [0.5, 0.6) is 11.5 Å². The van der Waals surface area contributed by atoms with Gasteiger partial charge >= 0.3 is 0 Å². The number of phenolic OH excluding ortho intramolecular Hbond substituents is 1. The van der Waals surface area contributed by atoms with Crippen molar-refractivity contribution in [3.63, 3.8) is 0 Å². The number of aryl methyl sites for hydroxylation is 1. The fraction of sp³-hybridized carbons (Fsp3) is 0.211.